The summed E-state index contributed by atoms with van der Waals surface area (Å²) in [5.41, 5.74) is 4.08. The maximum absolute atomic E-state index is 12.8. The van der Waals surface area contributed by atoms with Crippen molar-refractivity contribution in [1.82, 2.24) is 4.57 Å². The number of nitrogens with two attached hydrogens (primary N) is 1. The van der Waals surface area contributed by atoms with E-state index < -0.39 is 30.0 Å². The van der Waals surface area contributed by atoms with E-state index in [4.69, 9.17) is 5.73 Å². The van der Waals surface area contributed by atoms with Gasteiger partial charge in [-0.05, 0) is 23.8 Å². The molecule has 2 aromatic rings. The van der Waals surface area contributed by atoms with Crippen LogP contribution in [0.2, 0.25) is 0 Å². The number of benzene rings is 1. The first kappa shape index (κ1) is 16.7. The number of carbonyl (C=O) groups excluding carboxylic acids is 1. The van der Waals surface area contributed by atoms with Gasteiger partial charge in [0, 0.05) is 11.8 Å². The molecule has 23 heavy (non-hydrogen) atoms. The fourth-order valence-corrected chi connectivity index (χ4v) is 1.96. The molecule has 0 atom stereocenters. The highest BCUT2D eigenvalue weighted by Crippen LogP contribution is 2.33. The summed E-state index contributed by atoms with van der Waals surface area (Å²) in [6.07, 6.45) is -9.14. The number of alkyl halides is 6. The largest absolute Gasteiger partial charge is 0.573 e. The lowest BCUT2D eigenvalue weighted by Crippen LogP contribution is -2.25. The van der Waals surface area contributed by atoms with E-state index >= 15 is 0 Å². The van der Waals surface area contributed by atoms with Crippen molar-refractivity contribution in [2.75, 3.05) is 0 Å². The molecule has 0 saturated heterocycles. The normalized spacial score (nSPS) is 12.3. The molecule has 4 nitrogen and oxygen atoms in total. The Kier molecular flexibility index (Phi) is 4.01. The minimum absolute atomic E-state index is 0.0799. The molecule has 1 heterocycles. The molecule has 0 spiro atoms. The van der Waals surface area contributed by atoms with Crippen LogP contribution in [-0.4, -0.2) is 16.8 Å². The number of primary amides is 1. The summed E-state index contributed by atoms with van der Waals surface area (Å²) >= 11 is 0. The van der Waals surface area contributed by atoms with Crippen molar-refractivity contribution < 1.29 is 35.9 Å². The van der Waals surface area contributed by atoms with E-state index in [1.807, 2.05) is 0 Å². The van der Waals surface area contributed by atoms with Crippen LogP contribution < -0.4 is 10.5 Å². The summed E-state index contributed by atoms with van der Waals surface area (Å²) < 4.78 is 78.0. The highest BCUT2D eigenvalue weighted by Gasteiger charge is 2.35. The number of nitrogens with zero attached hydrogens (tertiary/aromatic N) is 1. The Morgan fingerprint density at radius 2 is 1.57 bits per heavy atom. The molecular formula is C13H8F6N2O2. The summed E-state index contributed by atoms with van der Waals surface area (Å²) in [6, 6.07) is 5.00. The van der Waals surface area contributed by atoms with Gasteiger partial charge < -0.3 is 10.5 Å². The maximum Gasteiger partial charge on any atom is 0.573 e. The van der Waals surface area contributed by atoms with E-state index in [1.165, 1.54) is 0 Å². The van der Waals surface area contributed by atoms with Crippen LogP contribution in [0.3, 0.4) is 0 Å². The average molecular weight is 338 g/mol. The zero-order chi connectivity index (χ0) is 17.4. The molecule has 0 fully saturated rings. The topological polar surface area (TPSA) is 57.3 Å². The summed E-state index contributed by atoms with van der Waals surface area (Å²) in [5.74, 6) is -1.87. The monoisotopic (exact) mass is 338 g/mol. The van der Waals surface area contributed by atoms with Crippen LogP contribution in [0.5, 0.6) is 5.75 Å². The van der Waals surface area contributed by atoms with Crippen LogP contribution >= 0.6 is 0 Å². The number of aromatic nitrogens is 1. The van der Waals surface area contributed by atoms with Crippen molar-refractivity contribution in [2.45, 2.75) is 12.7 Å². The van der Waals surface area contributed by atoms with Gasteiger partial charge in [-0.3, -0.25) is 9.36 Å². The van der Waals surface area contributed by atoms with Gasteiger partial charge in [0.15, 0.2) is 0 Å². The van der Waals surface area contributed by atoms with E-state index in [0.29, 0.717) is 6.20 Å². The molecule has 0 aliphatic heterocycles. The summed E-state index contributed by atoms with van der Waals surface area (Å²) in [6.45, 7) is 0. The Labute approximate surface area is 125 Å². The average Bonchev–Trinajstić information content (AvgIpc) is 2.82. The SMILES string of the molecule is NC(=O)c1c(-c2ccc(OC(F)(F)F)cc2)ccn1C(F)(F)F. The number of carbonyl (C=O) groups is 1. The number of hydrogen-bond acceptors (Lipinski definition) is 2. The molecule has 124 valence electrons. The van der Waals surface area contributed by atoms with Gasteiger partial charge in [-0.1, -0.05) is 12.1 Å². The lowest BCUT2D eigenvalue weighted by Gasteiger charge is -2.12. The Bertz CT molecular complexity index is 716. The second-order valence-electron chi connectivity index (χ2n) is 4.35. The van der Waals surface area contributed by atoms with Gasteiger partial charge >= 0.3 is 12.7 Å². The number of hydrogen-bond donors (Lipinski definition) is 1. The molecule has 1 aromatic carbocycles. The minimum Gasteiger partial charge on any atom is -0.406 e. The standard InChI is InChI=1S/C13H8F6N2O2/c14-12(15,16)21-6-5-9(10(21)11(20)22)7-1-3-8(4-2-7)23-13(17,18)19/h1-6H,(H2,20,22). The van der Waals surface area contributed by atoms with E-state index in [1.54, 1.807) is 0 Å². The van der Waals surface area contributed by atoms with Gasteiger partial charge in [-0.2, -0.15) is 0 Å². The lowest BCUT2D eigenvalue weighted by atomic mass is 10.1. The van der Waals surface area contributed by atoms with Gasteiger partial charge in [0.1, 0.15) is 11.4 Å². The van der Waals surface area contributed by atoms with Gasteiger partial charge in [0.05, 0.1) is 0 Å². The summed E-state index contributed by atoms with van der Waals surface area (Å²) in [7, 11) is 0. The first-order chi connectivity index (χ1) is 10.5. The Balaban J connectivity index is 2.43. The molecule has 0 aliphatic carbocycles. The molecule has 1 aromatic heterocycles. The van der Waals surface area contributed by atoms with Crippen LogP contribution in [0.25, 0.3) is 11.1 Å². The third-order valence-corrected chi connectivity index (χ3v) is 2.79. The van der Waals surface area contributed by atoms with Gasteiger partial charge in [-0.25, -0.2) is 0 Å². The molecule has 0 unspecified atom stereocenters. The van der Waals surface area contributed by atoms with Crippen LogP contribution in [0.15, 0.2) is 36.5 Å². The Hall–Kier alpha value is -2.65. The fraction of sp³-hybridized carbons (Fsp3) is 0.154. The van der Waals surface area contributed by atoms with Crippen LogP contribution in [-0.2, 0) is 6.30 Å². The zero-order valence-electron chi connectivity index (χ0n) is 11.1. The molecule has 2 rings (SSSR count). The Morgan fingerprint density at radius 3 is 2.00 bits per heavy atom. The second-order valence-corrected chi connectivity index (χ2v) is 4.35. The van der Waals surface area contributed by atoms with Gasteiger partial charge in [-0.15, -0.1) is 26.3 Å². The highest BCUT2D eigenvalue weighted by atomic mass is 19.4. The molecule has 1 amide bonds. The van der Waals surface area contributed by atoms with Crippen molar-refractivity contribution >= 4 is 5.91 Å². The van der Waals surface area contributed by atoms with Gasteiger partial charge in [0.25, 0.3) is 5.91 Å². The van der Waals surface area contributed by atoms with Crippen molar-refractivity contribution in [3.8, 4) is 16.9 Å². The number of halogens is 6. The van der Waals surface area contributed by atoms with Crippen molar-refractivity contribution in [2.24, 2.45) is 5.73 Å². The molecule has 0 bridgehead atoms. The fourth-order valence-electron chi connectivity index (χ4n) is 1.96. The van der Waals surface area contributed by atoms with Crippen LogP contribution in [0, 0.1) is 0 Å². The van der Waals surface area contributed by atoms with Gasteiger partial charge in [0.2, 0.25) is 0 Å². The van der Waals surface area contributed by atoms with E-state index in [-0.39, 0.29) is 15.7 Å². The smallest absolute Gasteiger partial charge is 0.406 e. The van der Waals surface area contributed by atoms with E-state index in [9.17, 15) is 31.1 Å². The predicted molar refractivity (Wildman–Crippen MR) is 66.4 cm³/mol. The van der Waals surface area contributed by atoms with Crippen LogP contribution in [0.1, 0.15) is 10.5 Å². The molecule has 0 aliphatic rings. The first-order valence-electron chi connectivity index (χ1n) is 5.93. The number of amides is 1. The van der Waals surface area contributed by atoms with Crippen molar-refractivity contribution in [3.05, 3.63) is 42.2 Å². The highest BCUT2D eigenvalue weighted by molar-refractivity contribution is 5.98. The molecule has 10 heteroatoms. The van der Waals surface area contributed by atoms with Crippen molar-refractivity contribution in [1.29, 1.82) is 0 Å². The summed E-state index contributed by atoms with van der Waals surface area (Å²) in [4.78, 5) is 11.3. The lowest BCUT2D eigenvalue weighted by molar-refractivity contribution is -0.274. The quantitative estimate of drug-likeness (QED) is 0.869. The van der Waals surface area contributed by atoms with Crippen molar-refractivity contribution in [3.63, 3.8) is 0 Å². The van der Waals surface area contributed by atoms with Crippen LogP contribution in [0.4, 0.5) is 26.3 Å². The minimum atomic E-state index is -4.89. The Morgan fingerprint density at radius 1 is 1.00 bits per heavy atom. The second kappa shape index (κ2) is 5.52. The molecular weight excluding hydrogens is 330 g/mol. The van der Waals surface area contributed by atoms with E-state index in [0.717, 1.165) is 30.3 Å². The molecule has 0 radical (unpaired) electrons. The number of ether oxygens (including phenoxy) is 1. The number of rotatable bonds is 3. The maximum atomic E-state index is 12.8. The third-order valence-electron chi connectivity index (χ3n) is 2.79. The zero-order valence-corrected chi connectivity index (χ0v) is 11.1. The molecule has 2 N–H and O–H groups in total. The molecule has 0 saturated carbocycles. The first-order valence-corrected chi connectivity index (χ1v) is 5.93. The third kappa shape index (κ3) is 3.76. The predicted octanol–water partition coefficient (Wildman–Crippen LogP) is 3.63. The van der Waals surface area contributed by atoms with E-state index in [2.05, 4.69) is 4.74 Å². The summed E-state index contributed by atoms with van der Waals surface area (Å²) in [5, 5.41) is 0.